The number of allylic oxidation sites excluding steroid dienone is 2. The van der Waals surface area contributed by atoms with E-state index in [0.717, 1.165) is 25.9 Å². The van der Waals surface area contributed by atoms with Crippen LogP contribution in [0.15, 0.2) is 72.8 Å². The Morgan fingerprint density at radius 2 is 1.37 bits per heavy atom. The summed E-state index contributed by atoms with van der Waals surface area (Å²) in [6.07, 6.45) is 9.12. The van der Waals surface area contributed by atoms with E-state index in [1.54, 1.807) is 0 Å². The maximum atomic E-state index is 6.82. The van der Waals surface area contributed by atoms with Gasteiger partial charge in [0.05, 0.1) is 9.52 Å². The highest BCUT2D eigenvalue weighted by atomic mass is 28.2. The fourth-order valence-corrected chi connectivity index (χ4v) is 6.26. The summed E-state index contributed by atoms with van der Waals surface area (Å²) in [7, 11) is -0.624. The second-order valence-electron chi connectivity index (χ2n) is 8.52. The Morgan fingerprint density at radius 3 is 1.85 bits per heavy atom. The van der Waals surface area contributed by atoms with Gasteiger partial charge < -0.3 is 4.74 Å². The lowest BCUT2D eigenvalue weighted by Gasteiger charge is -2.39. The summed E-state index contributed by atoms with van der Waals surface area (Å²) in [5.41, 5.74) is 2.62. The molecule has 27 heavy (non-hydrogen) atoms. The van der Waals surface area contributed by atoms with Crippen molar-refractivity contribution in [3.8, 4) is 0 Å². The standard InChI is InChI=1S/C25H36OSi/c1-5-6-7-8-9-16-21-26-25(27-24(2,3)4,22-17-12-10-13-18-22)23-19-14-11-15-20-23/h6-7,10-15,17-20H,5,8-9,16,21,27H2,1-4H3/b7-6+. The first-order valence-corrected chi connectivity index (χ1v) is 11.8. The molecule has 0 aromatic heterocycles. The normalized spacial score (nSPS) is 13.0. The van der Waals surface area contributed by atoms with Gasteiger partial charge in [-0.3, -0.25) is 0 Å². The predicted octanol–water partition coefficient (Wildman–Crippen LogP) is 6.43. The highest BCUT2D eigenvalue weighted by molar-refractivity contribution is 6.44. The molecule has 0 atom stereocenters. The summed E-state index contributed by atoms with van der Waals surface area (Å²) < 4.78 is 6.82. The van der Waals surface area contributed by atoms with Crippen LogP contribution < -0.4 is 0 Å². The Labute approximate surface area is 168 Å². The molecule has 0 heterocycles. The zero-order valence-electron chi connectivity index (χ0n) is 17.6. The Hall–Kier alpha value is -1.64. The molecule has 146 valence electrons. The average molecular weight is 381 g/mol. The van der Waals surface area contributed by atoms with E-state index in [4.69, 9.17) is 4.74 Å². The Morgan fingerprint density at radius 1 is 0.815 bits per heavy atom. The Balaban J connectivity index is 2.27. The van der Waals surface area contributed by atoms with Crippen LogP contribution in [0.2, 0.25) is 5.04 Å². The molecule has 0 spiro atoms. The van der Waals surface area contributed by atoms with E-state index < -0.39 is 9.52 Å². The fraction of sp³-hybridized carbons (Fsp3) is 0.440. The smallest absolute Gasteiger partial charge is 0.100 e. The van der Waals surface area contributed by atoms with E-state index >= 15 is 0 Å². The zero-order valence-corrected chi connectivity index (χ0v) is 19.0. The Kier molecular flexibility index (Phi) is 8.52. The summed E-state index contributed by atoms with van der Waals surface area (Å²) in [4.78, 5) is 0. The van der Waals surface area contributed by atoms with Gasteiger partial charge in [-0.1, -0.05) is 101 Å². The highest BCUT2D eigenvalue weighted by Crippen LogP contribution is 2.40. The average Bonchev–Trinajstić information content (AvgIpc) is 2.67. The highest BCUT2D eigenvalue weighted by Gasteiger charge is 2.39. The summed E-state index contributed by atoms with van der Waals surface area (Å²) in [5, 5.41) is 0.0234. The topological polar surface area (TPSA) is 9.23 Å². The van der Waals surface area contributed by atoms with Crippen LogP contribution in [0.1, 0.15) is 64.5 Å². The van der Waals surface area contributed by atoms with Crippen molar-refractivity contribution in [1.29, 1.82) is 0 Å². The van der Waals surface area contributed by atoms with Crippen LogP contribution in [-0.4, -0.2) is 16.1 Å². The molecule has 0 amide bonds. The van der Waals surface area contributed by atoms with Crippen molar-refractivity contribution < 1.29 is 4.74 Å². The maximum absolute atomic E-state index is 6.82. The monoisotopic (exact) mass is 380 g/mol. The summed E-state index contributed by atoms with van der Waals surface area (Å²) in [5.74, 6) is 0. The van der Waals surface area contributed by atoms with Crippen molar-refractivity contribution >= 4 is 9.52 Å². The summed E-state index contributed by atoms with van der Waals surface area (Å²) in [6.45, 7) is 10.1. The molecule has 2 rings (SSSR count). The number of ether oxygens (including phenoxy) is 1. The molecular formula is C25H36OSi. The van der Waals surface area contributed by atoms with E-state index in [2.05, 4.69) is 101 Å². The van der Waals surface area contributed by atoms with Crippen LogP contribution in [0.25, 0.3) is 0 Å². The molecule has 0 bridgehead atoms. The molecule has 2 aromatic carbocycles. The molecule has 0 unspecified atom stereocenters. The zero-order chi connectivity index (χ0) is 19.6. The predicted molar refractivity (Wildman–Crippen MR) is 121 cm³/mol. The lowest BCUT2D eigenvalue weighted by Crippen LogP contribution is -2.42. The van der Waals surface area contributed by atoms with Gasteiger partial charge in [0, 0.05) is 6.61 Å². The molecule has 0 N–H and O–H groups in total. The third-order valence-corrected chi connectivity index (χ3v) is 7.35. The molecule has 0 saturated heterocycles. The number of hydrogen-bond donors (Lipinski definition) is 0. The van der Waals surface area contributed by atoms with Crippen molar-refractivity contribution in [2.75, 3.05) is 6.61 Å². The van der Waals surface area contributed by atoms with Crippen molar-refractivity contribution in [1.82, 2.24) is 0 Å². The van der Waals surface area contributed by atoms with Crippen LogP contribution in [-0.2, 0) is 9.96 Å². The lowest BCUT2D eigenvalue weighted by atomic mass is 10.00. The van der Waals surface area contributed by atoms with Crippen LogP contribution in [0, 0.1) is 0 Å². The van der Waals surface area contributed by atoms with E-state index in [9.17, 15) is 0 Å². The van der Waals surface area contributed by atoms with Gasteiger partial charge in [0.15, 0.2) is 0 Å². The van der Waals surface area contributed by atoms with E-state index in [-0.39, 0.29) is 10.3 Å². The first kappa shape index (κ1) is 21.7. The lowest BCUT2D eigenvalue weighted by molar-refractivity contribution is 0.0382. The van der Waals surface area contributed by atoms with Gasteiger partial charge in [0.25, 0.3) is 0 Å². The minimum Gasteiger partial charge on any atom is -0.370 e. The Bertz CT molecular complexity index is 631. The van der Waals surface area contributed by atoms with Gasteiger partial charge in [-0.2, -0.15) is 0 Å². The molecule has 2 aromatic rings. The minimum absolute atomic E-state index is 0.264. The van der Waals surface area contributed by atoms with Crippen molar-refractivity contribution in [3.05, 3.63) is 83.9 Å². The largest absolute Gasteiger partial charge is 0.370 e. The van der Waals surface area contributed by atoms with Crippen LogP contribution in [0.3, 0.4) is 0 Å². The number of benzene rings is 2. The fourth-order valence-electron chi connectivity index (χ4n) is 3.65. The molecule has 0 fully saturated rings. The molecule has 0 aliphatic rings. The van der Waals surface area contributed by atoms with Crippen molar-refractivity contribution in [2.24, 2.45) is 0 Å². The van der Waals surface area contributed by atoms with E-state index in [0.29, 0.717) is 0 Å². The van der Waals surface area contributed by atoms with Gasteiger partial charge in [-0.05, 0) is 41.8 Å². The second kappa shape index (κ2) is 10.6. The van der Waals surface area contributed by atoms with E-state index in [1.165, 1.54) is 17.5 Å². The molecule has 0 radical (unpaired) electrons. The second-order valence-corrected chi connectivity index (χ2v) is 12.0. The minimum atomic E-state index is -0.624. The van der Waals surface area contributed by atoms with Crippen LogP contribution in [0.5, 0.6) is 0 Å². The van der Waals surface area contributed by atoms with Gasteiger partial charge >= 0.3 is 0 Å². The van der Waals surface area contributed by atoms with Gasteiger partial charge in [0.2, 0.25) is 0 Å². The number of hydrogen-bond acceptors (Lipinski definition) is 1. The SMILES string of the molecule is CC/C=C/CCCCOC([SiH2]C(C)(C)C)(c1ccccc1)c1ccccc1. The van der Waals surface area contributed by atoms with Crippen molar-refractivity contribution in [3.63, 3.8) is 0 Å². The summed E-state index contributed by atoms with van der Waals surface area (Å²) in [6, 6.07) is 21.7. The third kappa shape index (κ3) is 6.79. The molecular weight excluding hydrogens is 344 g/mol. The van der Waals surface area contributed by atoms with Gasteiger partial charge in [-0.25, -0.2) is 0 Å². The quantitative estimate of drug-likeness (QED) is 0.262. The molecule has 2 heteroatoms. The molecule has 0 aliphatic heterocycles. The molecule has 1 nitrogen and oxygen atoms in total. The van der Waals surface area contributed by atoms with Crippen LogP contribution in [0.4, 0.5) is 0 Å². The first-order valence-electron chi connectivity index (χ1n) is 10.4. The van der Waals surface area contributed by atoms with Gasteiger partial charge in [-0.15, -0.1) is 0 Å². The number of rotatable bonds is 10. The maximum Gasteiger partial charge on any atom is 0.100 e. The third-order valence-electron chi connectivity index (χ3n) is 4.78. The van der Waals surface area contributed by atoms with Crippen molar-refractivity contribution in [2.45, 2.75) is 63.6 Å². The van der Waals surface area contributed by atoms with Crippen LogP contribution >= 0.6 is 0 Å². The van der Waals surface area contributed by atoms with E-state index in [1.807, 2.05) is 0 Å². The molecule has 0 aliphatic carbocycles. The molecule has 0 saturated carbocycles. The summed E-state index contributed by atoms with van der Waals surface area (Å²) >= 11 is 0. The first-order chi connectivity index (χ1) is 13.0. The number of unbranched alkanes of at least 4 members (excludes halogenated alkanes) is 2. The van der Waals surface area contributed by atoms with Gasteiger partial charge in [0.1, 0.15) is 5.22 Å².